The Balaban J connectivity index is 0.000000136. The zero-order chi connectivity index (χ0) is 12.3. The van der Waals surface area contributed by atoms with Gasteiger partial charge in [0.05, 0.1) is 5.52 Å². The van der Waals surface area contributed by atoms with Gasteiger partial charge in [-0.1, -0.05) is 21.8 Å². The van der Waals surface area contributed by atoms with E-state index in [1.54, 1.807) is 0 Å². The predicted molar refractivity (Wildman–Crippen MR) is 73.0 cm³/mol. The van der Waals surface area contributed by atoms with E-state index in [0.717, 1.165) is 20.8 Å². The molecule has 0 aliphatic heterocycles. The van der Waals surface area contributed by atoms with E-state index in [-0.39, 0.29) is 0 Å². The lowest BCUT2D eigenvalue weighted by molar-refractivity contribution is 0.958. The van der Waals surface area contributed by atoms with E-state index in [1.165, 1.54) is 11.5 Å². The number of thiol groups is 2. The highest BCUT2D eigenvalue weighted by Gasteiger charge is 1.97. The van der Waals surface area contributed by atoms with Crippen LogP contribution >= 0.6 is 36.8 Å². The van der Waals surface area contributed by atoms with Gasteiger partial charge in [0, 0.05) is 0 Å². The van der Waals surface area contributed by atoms with Gasteiger partial charge in [0.25, 0.3) is 0 Å². The Morgan fingerprint density at radius 3 is 2.59 bits per heavy atom. The Bertz CT molecular complexity index is 601. The molecule has 5 nitrogen and oxygen atoms in total. The molecule has 3 rings (SSSR count). The molecule has 0 amide bonds. The first-order valence-electron chi connectivity index (χ1n) is 4.65. The summed E-state index contributed by atoms with van der Waals surface area (Å²) in [6, 6.07) is 5.96. The molecule has 0 atom stereocenters. The minimum absolute atomic E-state index is 0.605. The monoisotopic (exact) mass is 283 g/mol. The average molecular weight is 283 g/mol. The van der Waals surface area contributed by atoms with Crippen LogP contribution in [0.4, 0.5) is 0 Å². The van der Waals surface area contributed by atoms with E-state index in [1.807, 2.05) is 25.1 Å². The van der Waals surface area contributed by atoms with Crippen molar-refractivity contribution in [2.45, 2.75) is 16.2 Å². The van der Waals surface area contributed by atoms with Gasteiger partial charge in [0.15, 0.2) is 0 Å². The van der Waals surface area contributed by atoms with Gasteiger partial charge in [-0.3, -0.25) is 5.10 Å². The number of aromatic amines is 1. The standard InChI is InChI=1S/C7H7N3.C2H2N2S3/c1-5-3-2-4-6-7(5)9-10-8-6;5-1-2(6)7-4-3-1/h2-4H,1H3,(H,8,9,10);5-6H. The second-order valence-corrected chi connectivity index (χ2v) is 5.11. The van der Waals surface area contributed by atoms with Gasteiger partial charge >= 0.3 is 0 Å². The Kier molecular flexibility index (Phi) is 3.97. The summed E-state index contributed by atoms with van der Waals surface area (Å²) in [5.41, 5.74) is 3.12. The van der Waals surface area contributed by atoms with Gasteiger partial charge in [0.1, 0.15) is 14.8 Å². The van der Waals surface area contributed by atoms with Crippen molar-refractivity contribution in [2.24, 2.45) is 0 Å². The summed E-state index contributed by atoms with van der Waals surface area (Å²) < 4.78 is 4.33. The number of fused-ring (bicyclic) bond motifs is 1. The third-order valence-corrected chi connectivity index (χ3v) is 3.64. The molecule has 0 aliphatic carbocycles. The molecule has 1 aromatic carbocycles. The molecule has 1 N–H and O–H groups in total. The smallest absolute Gasteiger partial charge is 0.142 e. The van der Waals surface area contributed by atoms with Crippen LogP contribution in [0.5, 0.6) is 0 Å². The van der Waals surface area contributed by atoms with Crippen molar-refractivity contribution in [1.29, 1.82) is 0 Å². The van der Waals surface area contributed by atoms with E-state index in [0.29, 0.717) is 5.03 Å². The minimum Gasteiger partial charge on any atom is -0.258 e. The predicted octanol–water partition coefficient (Wildman–Crippen LogP) is 2.38. The largest absolute Gasteiger partial charge is 0.258 e. The van der Waals surface area contributed by atoms with Crippen LogP contribution in [0.1, 0.15) is 5.56 Å². The van der Waals surface area contributed by atoms with Crippen LogP contribution in [-0.2, 0) is 0 Å². The molecule has 0 bridgehead atoms. The lowest BCUT2D eigenvalue weighted by atomic mass is 10.2. The molecular weight excluding hydrogens is 274 g/mol. The van der Waals surface area contributed by atoms with Crippen molar-refractivity contribution in [3.63, 3.8) is 0 Å². The fourth-order valence-corrected chi connectivity index (χ4v) is 1.90. The maximum absolute atomic E-state index is 3.97. The molecule has 0 spiro atoms. The van der Waals surface area contributed by atoms with Gasteiger partial charge in [0.2, 0.25) is 0 Å². The molecule has 0 fully saturated rings. The summed E-state index contributed by atoms with van der Waals surface area (Å²) in [7, 11) is 0. The highest BCUT2D eigenvalue weighted by molar-refractivity contribution is 7.85. The molecule has 88 valence electrons. The fourth-order valence-electron chi connectivity index (χ4n) is 1.19. The van der Waals surface area contributed by atoms with Crippen LogP contribution in [0.2, 0.25) is 0 Å². The molecule has 2 aromatic heterocycles. The van der Waals surface area contributed by atoms with E-state index in [9.17, 15) is 0 Å². The van der Waals surface area contributed by atoms with E-state index in [4.69, 9.17) is 0 Å². The lowest BCUT2D eigenvalue weighted by Gasteiger charge is -1.88. The number of hydrogen-bond acceptors (Lipinski definition) is 7. The number of aromatic nitrogens is 5. The van der Waals surface area contributed by atoms with Crippen LogP contribution in [-0.4, -0.2) is 25.0 Å². The van der Waals surface area contributed by atoms with Gasteiger partial charge < -0.3 is 0 Å². The van der Waals surface area contributed by atoms with Crippen molar-refractivity contribution in [1.82, 2.24) is 25.0 Å². The number of rotatable bonds is 0. The van der Waals surface area contributed by atoms with E-state index in [2.05, 4.69) is 50.3 Å². The van der Waals surface area contributed by atoms with Crippen LogP contribution in [0.3, 0.4) is 0 Å². The normalized spacial score (nSPS) is 10.1. The zero-order valence-electron chi connectivity index (χ0n) is 8.82. The molecule has 8 heteroatoms. The molecule has 0 saturated heterocycles. The Labute approximate surface area is 113 Å². The Hall–Kier alpha value is -1.12. The number of nitrogens with zero attached hydrogens (tertiary/aromatic N) is 4. The van der Waals surface area contributed by atoms with Crippen molar-refractivity contribution in [2.75, 3.05) is 0 Å². The molecule has 0 aliphatic rings. The summed E-state index contributed by atoms with van der Waals surface area (Å²) in [5.74, 6) is 0. The van der Waals surface area contributed by atoms with Crippen molar-refractivity contribution in [3.05, 3.63) is 23.8 Å². The summed E-state index contributed by atoms with van der Waals surface area (Å²) in [6.45, 7) is 2.02. The number of aryl methyl sites for hydroxylation is 1. The molecule has 0 unspecified atom stereocenters. The molecule has 0 radical (unpaired) electrons. The van der Waals surface area contributed by atoms with Gasteiger partial charge in [-0.15, -0.1) is 35.5 Å². The zero-order valence-corrected chi connectivity index (χ0v) is 11.4. The van der Waals surface area contributed by atoms with Crippen LogP contribution < -0.4 is 0 Å². The quantitative estimate of drug-likeness (QED) is 0.554. The third-order valence-electron chi connectivity index (χ3n) is 2.01. The van der Waals surface area contributed by atoms with E-state index < -0.39 is 0 Å². The molecule has 0 saturated carbocycles. The number of H-pyrrole nitrogens is 1. The summed E-state index contributed by atoms with van der Waals surface area (Å²) >= 11 is 9.11. The summed E-state index contributed by atoms with van der Waals surface area (Å²) in [4.78, 5) is 0. The van der Waals surface area contributed by atoms with Crippen molar-refractivity contribution in [3.8, 4) is 0 Å². The summed E-state index contributed by atoms with van der Waals surface area (Å²) in [6.07, 6.45) is 0. The highest BCUT2D eigenvalue weighted by atomic mass is 32.2. The Morgan fingerprint density at radius 1 is 1.24 bits per heavy atom. The topological polar surface area (TPSA) is 67.3 Å². The number of hydrogen-bond donors (Lipinski definition) is 3. The first-order chi connectivity index (χ1) is 8.18. The minimum atomic E-state index is 0.605. The van der Waals surface area contributed by atoms with Crippen LogP contribution in [0.25, 0.3) is 11.0 Å². The van der Waals surface area contributed by atoms with Crippen molar-refractivity contribution >= 4 is 47.8 Å². The third kappa shape index (κ3) is 2.96. The van der Waals surface area contributed by atoms with Gasteiger partial charge in [-0.2, -0.15) is 0 Å². The Morgan fingerprint density at radius 2 is 2.06 bits per heavy atom. The lowest BCUT2D eigenvalue weighted by Crippen LogP contribution is -1.73. The highest BCUT2D eigenvalue weighted by Crippen LogP contribution is 2.17. The fraction of sp³-hybridized carbons (Fsp3) is 0.111. The SMILES string of the molecule is Cc1cccc2[nH]nnc12.Sc1nnsc1S. The van der Waals surface area contributed by atoms with Crippen molar-refractivity contribution < 1.29 is 0 Å². The second kappa shape index (κ2) is 5.48. The average Bonchev–Trinajstić information content (AvgIpc) is 2.91. The van der Waals surface area contributed by atoms with Crippen LogP contribution in [0.15, 0.2) is 27.4 Å². The second-order valence-electron chi connectivity index (χ2n) is 3.18. The molecule has 2 heterocycles. The molecule has 3 aromatic rings. The van der Waals surface area contributed by atoms with Gasteiger partial charge in [-0.25, -0.2) is 0 Å². The van der Waals surface area contributed by atoms with Crippen LogP contribution in [0, 0.1) is 6.92 Å². The maximum Gasteiger partial charge on any atom is 0.142 e. The number of benzene rings is 1. The number of nitrogens with one attached hydrogen (secondary N) is 1. The first kappa shape index (κ1) is 12.3. The van der Waals surface area contributed by atoms with Gasteiger partial charge in [-0.05, 0) is 30.1 Å². The summed E-state index contributed by atoms with van der Waals surface area (Å²) in [5, 5.41) is 14.6. The van der Waals surface area contributed by atoms with E-state index >= 15 is 0 Å². The maximum atomic E-state index is 3.97. The molecule has 17 heavy (non-hydrogen) atoms. The molecular formula is C9H9N5S3. The first-order valence-corrected chi connectivity index (χ1v) is 6.32.